The Labute approximate surface area is 186 Å². The standard InChI is InChI=1S/C21H29Cl2F3N2O2/c1-14(21(24,25)26)27-10-9-20(15-6-7-16(22)17(23)12-15)8-5-11-28(13-20)18(29)30-19(2,3)4/h6-7,12,14,27H,5,8-11,13H2,1-4H3/t14-,20?/m0/s1. The zero-order valence-corrected chi connectivity index (χ0v) is 19.2. The Balaban J connectivity index is 2.26. The third-order valence-electron chi connectivity index (χ3n) is 5.31. The van der Waals surface area contributed by atoms with Crippen molar-refractivity contribution >= 4 is 29.3 Å². The Morgan fingerprint density at radius 3 is 2.50 bits per heavy atom. The van der Waals surface area contributed by atoms with Gasteiger partial charge in [0.1, 0.15) is 11.6 Å². The van der Waals surface area contributed by atoms with E-state index in [1.165, 1.54) is 0 Å². The maximum atomic E-state index is 12.9. The summed E-state index contributed by atoms with van der Waals surface area (Å²) in [5, 5.41) is 3.33. The number of piperidine rings is 1. The maximum absolute atomic E-state index is 12.9. The first-order chi connectivity index (χ1) is 13.7. The van der Waals surface area contributed by atoms with Gasteiger partial charge in [-0.2, -0.15) is 13.2 Å². The summed E-state index contributed by atoms with van der Waals surface area (Å²) in [5.41, 5.74) is -0.335. The summed E-state index contributed by atoms with van der Waals surface area (Å²) in [6, 6.07) is 3.64. The number of carbonyl (C=O) groups is 1. The molecule has 170 valence electrons. The molecule has 1 N–H and O–H groups in total. The van der Waals surface area contributed by atoms with E-state index in [1.807, 2.05) is 6.07 Å². The number of halogens is 5. The molecule has 1 amide bonds. The molecule has 1 aliphatic rings. The van der Waals surface area contributed by atoms with Crippen LogP contribution in [0.25, 0.3) is 0 Å². The fourth-order valence-corrected chi connectivity index (χ4v) is 3.97. The summed E-state index contributed by atoms with van der Waals surface area (Å²) in [6.45, 7) is 7.49. The minimum atomic E-state index is -4.31. The van der Waals surface area contributed by atoms with Crippen LogP contribution in [0.15, 0.2) is 18.2 Å². The van der Waals surface area contributed by atoms with Crippen LogP contribution in [-0.2, 0) is 10.2 Å². The number of ether oxygens (including phenoxy) is 1. The molecule has 0 saturated carbocycles. The Kier molecular flexibility index (Phi) is 7.97. The minimum absolute atomic E-state index is 0.142. The molecule has 1 aliphatic heterocycles. The topological polar surface area (TPSA) is 41.6 Å². The second-order valence-electron chi connectivity index (χ2n) is 8.88. The lowest BCUT2D eigenvalue weighted by molar-refractivity contribution is -0.151. The molecular formula is C21H29Cl2F3N2O2. The number of amides is 1. The SMILES string of the molecule is C[C@H](NCCC1(c2ccc(Cl)c(Cl)c2)CCCN(C(=O)OC(C)(C)C)C1)C(F)(F)F. The molecule has 1 aromatic carbocycles. The van der Waals surface area contributed by atoms with E-state index in [4.69, 9.17) is 27.9 Å². The van der Waals surface area contributed by atoms with Gasteiger partial charge in [0.15, 0.2) is 0 Å². The molecule has 1 unspecified atom stereocenters. The molecule has 1 heterocycles. The third kappa shape index (κ3) is 6.66. The van der Waals surface area contributed by atoms with E-state index < -0.39 is 29.3 Å². The summed E-state index contributed by atoms with van der Waals surface area (Å²) in [5.74, 6) is 0. The lowest BCUT2D eigenvalue weighted by Crippen LogP contribution is -2.51. The molecule has 0 aliphatic carbocycles. The smallest absolute Gasteiger partial charge is 0.410 e. The highest BCUT2D eigenvalue weighted by atomic mass is 35.5. The van der Waals surface area contributed by atoms with Crippen molar-refractivity contribution in [2.75, 3.05) is 19.6 Å². The lowest BCUT2D eigenvalue weighted by Gasteiger charge is -2.44. The summed E-state index contributed by atoms with van der Waals surface area (Å²) in [7, 11) is 0. The number of hydrogen-bond acceptors (Lipinski definition) is 3. The van der Waals surface area contributed by atoms with Crippen LogP contribution in [-0.4, -0.2) is 48.4 Å². The molecule has 0 radical (unpaired) electrons. The van der Waals surface area contributed by atoms with E-state index in [1.54, 1.807) is 37.8 Å². The van der Waals surface area contributed by atoms with Gasteiger partial charge in [0.2, 0.25) is 0 Å². The minimum Gasteiger partial charge on any atom is -0.444 e. The fraction of sp³-hybridized carbons (Fsp3) is 0.667. The van der Waals surface area contributed by atoms with Gasteiger partial charge in [-0.05, 0) is 71.2 Å². The van der Waals surface area contributed by atoms with Crippen LogP contribution < -0.4 is 5.32 Å². The van der Waals surface area contributed by atoms with Crippen molar-refractivity contribution in [3.63, 3.8) is 0 Å². The molecule has 1 fully saturated rings. The van der Waals surface area contributed by atoms with Gasteiger partial charge in [-0.1, -0.05) is 29.3 Å². The molecular weight excluding hydrogens is 440 g/mol. The highest BCUT2D eigenvalue weighted by Crippen LogP contribution is 2.40. The predicted molar refractivity (Wildman–Crippen MR) is 113 cm³/mol. The number of likely N-dealkylation sites (tertiary alicyclic amines) is 1. The number of nitrogens with zero attached hydrogens (tertiary/aromatic N) is 1. The largest absolute Gasteiger partial charge is 0.444 e. The molecule has 0 bridgehead atoms. The monoisotopic (exact) mass is 468 g/mol. The lowest BCUT2D eigenvalue weighted by atomic mass is 9.71. The predicted octanol–water partition coefficient (Wildman–Crippen LogP) is 6.19. The van der Waals surface area contributed by atoms with E-state index in [0.717, 1.165) is 12.5 Å². The summed E-state index contributed by atoms with van der Waals surface area (Å²) < 4.78 is 44.2. The zero-order chi connectivity index (χ0) is 22.7. The summed E-state index contributed by atoms with van der Waals surface area (Å²) in [6.07, 6.45) is -2.92. The normalized spacial score (nSPS) is 21.4. The van der Waals surface area contributed by atoms with Crippen molar-refractivity contribution in [1.82, 2.24) is 10.2 Å². The first-order valence-corrected chi connectivity index (χ1v) is 10.7. The van der Waals surface area contributed by atoms with Crippen LogP contribution in [0.3, 0.4) is 0 Å². The van der Waals surface area contributed by atoms with E-state index >= 15 is 0 Å². The first-order valence-electron chi connectivity index (χ1n) is 9.97. The van der Waals surface area contributed by atoms with E-state index in [2.05, 4.69) is 5.32 Å². The van der Waals surface area contributed by atoms with Crippen LogP contribution in [0, 0.1) is 0 Å². The number of alkyl halides is 3. The van der Waals surface area contributed by atoms with Crippen LogP contribution in [0.2, 0.25) is 10.0 Å². The van der Waals surface area contributed by atoms with Crippen LogP contribution in [0.1, 0.15) is 52.5 Å². The van der Waals surface area contributed by atoms with Crippen molar-refractivity contribution in [2.24, 2.45) is 0 Å². The van der Waals surface area contributed by atoms with Gasteiger partial charge < -0.3 is 15.0 Å². The Morgan fingerprint density at radius 1 is 1.27 bits per heavy atom. The van der Waals surface area contributed by atoms with Gasteiger partial charge in [0.05, 0.1) is 10.0 Å². The Hall–Kier alpha value is -1.18. The molecule has 4 nitrogen and oxygen atoms in total. The van der Waals surface area contributed by atoms with E-state index in [9.17, 15) is 18.0 Å². The number of nitrogens with one attached hydrogen (secondary N) is 1. The van der Waals surface area contributed by atoms with Gasteiger partial charge in [0, 0.05) is 18.5 Å². The van der Waals surface area contributed by atoms with Crippen molar-refractivity contribution < 1.29 is 22.7 Å². The zero-order valence-electron chi connectivity index (χ0n) is 17.7. The van der Waals surface area contributed by atoms with Crippen molar-refractivity contribution in [2.45, 2.75) is 70.2 Å². The van der Waals surface area contributed by atoms with Crippen LogP contribution in [0.4, 0.5) is 18.0 Å². The maximum Gasteiger partial charge on any atom is 0.410 e. The number of hydrogen-bond donors (Lipinski definition) is 1. The van der Waals surface area contributed by atoms with Gasteiger partial charge >= 0.3 is 12.3 Å². The van der Waals surface area contributed by atoms with Gasteiger partial charge in [-0.3, -0.25) is 0 Å². The van der Waals surface area contributed by atoms with E-state index in [-0.39, 0.29) is 6.54 Å². The fourth-order valence-electron chi connectivity index (χ4n) is 3.67. The van der Waals surface area contributed by atoms with Gasteiger partial charge in [0.25, 0.3) is 0 Å². The number of rotatable bonds is 5. The molecule has 0 aromatic heterocycles. The molecule has 0 spiro atoms. The molecule has 1 aromatic rings. The third-order valence-corrected chi connectivity index (χ3v) is 6.04. The highest BCUT2D eigenvalue weighted by Gasteiger charge is 2.41. The average molecular weight is 469 g/mol. The molecule has 30 heavy (non-hydrogen) atoms. The highest BCUT2D eigenvalue weighted by molar-refractivity contribution is 6.42. The van der Waals surface area contributed by atoms with Crippen LogP contribution in [0.5, 0.6) is 0 Å². The van der Waals surface area contributed by atoms with Crippen molar-refractivity contribution in [3.8, 4) is 0 Å². The quantitative estimate of drug-likeness (QED) is 0.559. The van der Waals surface area contributed by atoms with Gasteiger partial charge in [-0.15, -0.1) is 0 Å². The Bertz CT molecular complexity index is 753. The van der Waals surface area contributed by atoms with Crippen LogP contribution >= 0.6 is 23.2 Å². The first kappa shape index (κ1) is 25.1. The molecule has 2 rings (SSSR count). The average Bonchev–Trinajstić information content (AvgIpc) is 2.62. The Morgan fingerprint density at radius 2 is 1.93 bits per heavy atom. The van der Waals surface area contributed by atoms with Crippen molar-refractivity contribution in [3.05, 3.63) is 33.8 Å². The second-order valence-corrected chi connectivity index (χ2v) is 9.70. The molecule has 9 heteroatoms. The number of benzene rings is 1. The molecule has 2 atom stereocenters. The van der Waals surface area contributed by atoms with Gasteiger partial charge in [-0.25, -0.2) is 4.79 Å². The summed E-state index contributed by atoms with van der Waals surface area (Å²) >= 11 is 12.3. The summed E-state index contributed by atoms with van der Waals surface area (Å²) in [4.78, 5) is 14.3. The second kappa shape index (κ2) is 9.53. The molecule has 1 saturated heterocycles. The van der Waals surface area contributed by atoms with E-state index in [0.29, 0.717) is 42.4 Å². The number of carbonyl (C=O) groups excluding carboxylic acids is 1. The van der Waals surface area contributed by atoms with Crippen molar-refractivity contribution in [1.29, 1.82) is 0 Å².